The van der Waals surface area contributed by atoms with Crippen molar-refractivity contribution < 1.29 is 41.7 Å². The lowest BCUT2D eigenvalue weighted by Crippen LogP contribution is -2.67. The zero-order valence-corrected chi connectivity index (χ0v) is 16.6. The molecule has 1 unspecified atom stereocenters. The van der Waals surface area contributed by atoms with Crippen LogP contribution in [-0.4, -0.2) is 57.9 Å². The maximum Gasteiger partial charge on any atom is 0.448 e. The van der Waals surface area contributed by atoms with Gasteiger partial charge >= 0.3 is 23.9 Å². The van der Waals surface area contributed by atoms with Gasteiger partial charge in [-0.2, -0.15) is 13.2 Å². The Bertz CT molecular complexity index is 699. The number of rotatable bonds is 10. The van der Waals surface area contributed by atoms with Crippen molar-refractivity contribution in [2.24, 2.45) is 0 Å². The number of nitrogens with one attached hydrogen (secondary N) is 2. The molecule has 0 fully saturated rings. The fraction of sp³-hybridized carbons (Fsp3) is 0.556. The van der Waals surface area contributed by atoms with E-state index in [0.717, 1.165) is 5.56 Å². The smallest absolute Gasteiger partial charge is 0.448 e. The Morgan fingerprint density at radius 2 is 1.69 bits per heavy atom. The van der Waals surface area contributed by atoms with E-state index >= 15 is 0 Å². The number of carbonyl (C=O) groups is 2. The average Bonchev–Trinajstić information content (AvgIpc) is 2.66. The summed E-state index contributed by atoms with van der Waals surface area (Å²) in [7, 11) is 2.95. The SMILES string of the molecule is CCOC(=O)C(NC(=O)NCCc1ccc(OC)c(OC)c1)(OCC)C(F)(F)F. The second kappa shape index (κ2) is 10.7. The van der Waals surface area contributed by atoms with E-state index in [0.29, 0.717) is 17.9 Å². The summed E-state index contributed by atoms with van der Waals surface area (Å²) in [4.78, 5) is 24.0. The summed E-state index contributed by atoms with van der Waals surface area (Å²) in [6, 6.07) is 3.83. The van der Waals surface area contributed by atoms with Crippen LogP contribution in [0.25, 0.3) is 0 Å². The minimum atomic E-state index is -5.23. The fourth-order valence-electron chi connectivity index (χ4n) is 2.42. The molecular weight excluding hydrogens is 397 g/mol. The molecule has 1 aromatic carbocycles. The summed E-state index contributed by atoms with van der Waals surface area (Å²) in [5.74, 6) is -0.753. The molecule has 2 amide bonds. The Morgan fingerprint density at radius 3 is 2.21 bits per heavy atom. The van der Waals surface area contributed by atoms with Crippen molar-refractivity contribution in [1.82, 2.24) is 10.6 Å². The molecule has 0 radical (unpaired) electrons. The molecule has 0 aliphatic heterocycles. The number of hydrogen-bond acceptors (Lipinski definition) is 6. The zero-order chi connectivity index (χ0) is 22.1. The van der Waals surface area contributed by atoms with E-state index in [2.05, 4.69) is 14.8 Å². The topological polar surface area (TPSA) is 95.1 Å². The largest absolute Gasteiger partial charge is 0.493 e. The van der Waals surface area contributed by atoms with E-state index in [1.807, 2.05) is 0 Å². The van der Waals surface area contributed by atoms with Crippen molar-refractivity contribution >= 4 is 12.0 Å². The van der Waals surface area contributed by atoms with Crippen LogP contribution in [0.3, 0.4) is 0 Å². The predicted octanol–water partition coefficient (Wildman–Crippen LogP) is 2.40. The van der Waals surface area contributed by atoms with E-state index in [1.165, 1.54) is 28.1 Å². The normalized spacial score (nSPS) is 13.2. The molecule has 8 nitrogen and oxygen atoms in total. The van der Waals surface area contributed by atoms with Gasteiger partial charge in [-0.3, -0.25) is 5.32 Å². The van der Waals surface area contributed by atoms with Crippen molar-refractivity contribution in [1.29, 1.82) is 0 Å². The van der Waals surface area contributed by atoms with Crippen molar-refractivity contribution in [3.8, 4) is 11.5 Å². The molecule has 2 N–H and O–H groups in total. The first-order valence-corrected chi connectivity index (χ1v) is 8.79. The summed E-state index contributed by atoms with van der Waals surface area (Å²) >= 11 is 0. The lowest BCUT2D eigenvalue weighted by molar-refractivity contribution is -0.283. The van der Waals surface area contributed by atoms with Crippen LogP contribution in [0, 0.1) is 0 Å². The van der Waals surface area contributed by atoms with Crippen molar-refractivity contribution in [3.63, 3.8) is 0 Å². The van der Waals surface area contributed by atoms with Gasteiger partial charge in [0.2, 0.25) is 0 Å². The molecule has 0 bridgehead atoms. The van der Waals surface area contributed by atoms with Gasteiger partial charge in [0, 0.05) is 13.2 Å². The highest BCUT2D eigenvalue weighted by Gasteiger charge is 2.64. The summed E-state index contributed by atoms with van der Waals surface area (Å²) in [6.07, 6.45) is -4.93. The monoisotopic (exact) mass is 422 g/mol. The predicted molar refractivity (Wildman–Crippen MR) is 96.8 cm³/mol. The Balaban J connectivity index is 2.82. The molecule has 29 heavy (non-hydrogen) atoms. The summed E-state index contributed by atoms with van der Waals surface area (Å²) in [5.41, 5.74) is -2.84. The van der Waals surface area contributed by atoms with Crippen LogP contribution in [0.5, 0.6) is 11.5 Å². The number of halogens is 3. The molecule has 0 aromatic heterocycles. The van der Waals surface area contributed by atoms with Crippen molar-refractivity contribution in [2.75, 3.05) is 34.0 Å². The highest BCUT2D eigenvalue weighted by Crippen LogP contribution is 2.33. The van der Waals surface area contributed by atoms with Crippen LogP contribution in [0.2, 0.25) is 0 Å². The molecule has 1 aromatic rings. The molecule has 164 valence electrons. The fourth-order valence-corrected chi connectivity index (χ4v) is 2.42. The molecule has 0 saturated carbocycles. The summed E-state index contributed by atoms with van der Waals surface area (Å²) in [5, 5.41) is 3.84. The second-order valence-corrected chi connectivity index (χ2v) is 5.65. The van der Waals surface area contributed by atoms with Gasteiger partial charge in [-0.25, -0.2) is 9.59 Å². The van der Waals surface area contributed by atoms with E-state index < -0.39 is 30.5 Å². The van der Waals surface area contributed by atoms with Gasteiger partial charge in [-0.05, 0) is 38.0 Å². The minimum absolute atomic E-state index is 0.00972. The maximum atomic E-state index is 13.5. The first-order valence-electron chi connectivity index (χ1n) is 8.79. The lowest BCUT2D eigenvalue weighted by atomic mass is 10.1. The summed E-state index contributed by atoms with van der Waals surface area (Å²) < 4.78 is 60.0. The molecule has 1 atom stereocenters. The van der Waals surface area contributed by atoms with Crippen LogP contribution in [0.15, 0.2) is 18.2 Å². The standard InChI is InChI=1S/C18H25F3N2O6/c1-5-28-15(24)17(29-6-2,18(19,20)21)23-16(25)22-10-9-12-7-8-13(26-3)14(11-12)27-4/h7-8,11H,5-6,9-10H2,1-4H3,(H2,22,23,25). The van der Waals surface area contributed by atoms with Crippen molar-refractivity contribution in [3.05, 3.63) is 23.8 Å². The highest BCUT2D eigenvalue weighted by atomic mass is 19.4. The number of carbonyl (C=O) groups excluding carboxylic acids is 2. The number of esters is 1. The molecule has 11 heteroatoms. The molecule has 0 aliphatic carbocycles. The Kier molecular flexibility index (Phi) is 9.02. The molecule has 0 aliphatic rings. The third kappa shape index (κ3) is 6.14. The van der Waals surface area contributed by atoms with Gasteiger partial charge in [0.25, 0.3) is 0 Å². The number of alkyl halides is 3. The Hall–Kier alpha value is -2.69. The van der Waals surface area contributed by atoms with Gasteiger partial charge < -0.3 is 24.3 Å². The Labute approximate surface area is 166 Å². The number of methoxy groups -OCH3 is 2. The van der Waals surface area contributed by atoms with Crippen LogP contribution in [-0.2, 0) is 20.7 Å². The van der Waals surface area contributed by atoms with E-state index in [4.69, 9.17) is 9.47 Å². The van der Waals surface area contributed by atoms with Gasteiger partial charge in [0.1, 0.15) is 0 Å². The number of urea groups is 1. The first-order chi connectivity index (χ1) is 13.6. The van der Waals surface area contributed by atoms with Gasteiger partial charge in [0.15, 0.2) is 11.5 Å². The second-order valence-electron chi connectivity index (χ2n) is 5.65. The molecule has 0 heterocycles. The quantitative estimate of drug-likeness (QED) is 0.444. The minimum Gasteiger partial charge on any atom is -0.493 e. The van der Waals surface area contributed by atoms with E-state index in [9.17, 15) is 22.8 Å². The van der Waals surface area contributed by atoms with Crippen LogP contribution < -0.4 is 20.1 Å². The third-order valence-electron chi connectivity index (χ3n) is 3.76. The highest BCUT2D eigenvalue weighted by molar-refractivity contribution is 5.87. The first kappa shape index (κ1) is 24.3. The summed E-state index contributed by atoms with van der Waals surface area (Å²) in [6.45, 7) is 1.80. The third-order valence-corrected chi connectivity index (χ3v) is 3.76. The van der Waals surface area contributed by atoms with Gasteiger partial charge in [-0.15, -0.1) is 0 Å². The average molecular weight is 422 g/mol. The number of amides is 2. The number of benzene rings is 1. The van der Waals surface area contributed by atoms with E-state index in [1.54, 1.807) is 23.5 Å². The molecule has 0 spiro atoms. The van der Waals surface area contributed by atoms with Crippen LogP contribution >= 0.6 is 0 Å². The Morgan fingerprint density at radius 1 is 1.03 bits per heavy atom. The number of hydrogen-bond donors (Lipinski definition) is 2. The van der Waals surface area contributed by atoms with Gasteiger partial charge in [-0.1, -0.05) is 6.07 Å². The zero-order valence-electron chi connectivity index (χ0n) is 16.6. The molecule has 0 saturated heterocycles. The van der Waals surface area contributed by atoms with Gasteiger partial charge in [0.05, 0.1) is 20.8 Å². The lowest BCUT2D eigenvalue weighted by Gasteiger charge is -2.33. The number of ether oxygens (including phenoxy) is 4. The van der Waals surface area contributed by atoms with E-state index in [-0.39, 0.29) is 13.2 Å². The van der Waals surface area contributed by atoms with Crippen LogP contribution in [0.1, 0.15) is 19.4 Å². The molecular formula is C18H25F3N2O6. The molecule has 1 rings (SSSR count). The van der Waals surface area contributed by atoms with Crippen molar-refractivity contribution in [2.45, 2.75) is 32.2 Å². The van der Waals surface area contributed by atoms with Crippen LogP contribution in [0.4, 0.5) is 18.0 Å². The maximum absolute atomic E-state index is 13.5.